The van der Waals surface area contributed by atoms with Crippen molar-refractivity contribution in [2.45, 2.75) is 84.7 Å². The number of imidazole rings is 1. The monoisotopic (exact) mass is 933 g/mol. The predicted molar refractivity (Wildman–Crippen MR) is 252 cm³/mol. The van der Waals surface area contributed by atoms with Crippen molar-refractivity contribution < 1.29 is 27.4 Å². The van der Waals surface area contributed by atoms with E-state index in [1.165, 1.54) is 27.0 Å². The second-order valence-corrected chi connectivity index (χ2v) is 21.9. The van der Waals surface area contributed by atoms with Gasteiger partial charge in [0.25, 0.3) is 5.91 Å². The fraction of sp³-hybridized carbons (Fsp3) is 0.408. The third-order valence-corrected chi connectivity index (χ3v) is 18.0. The first-order chi connectivity index (χ1) is 32.1. The van der Waals surface area contributed by atoms with E-state index in [-0.39, 0.29) is 47.5 Å². The Morgan fingerprint density at radius 2 is 1.67 bits per heavy atom. The van der Waals surface area contributed by atoms with Gasteiger partial charge in [0.2, 0.25) is 0 Å². The van der Waals surface area contributed by atoms with E-state index >= 15 is 13.6 Å². The molecule has 3 aliphatic rings. The van der Waals surface area contributed by atoms with Crippen molar-refractivity contribution in [3.8, 4) is 17.2 Å². The van der Waals surface area contributed by atoms with Gasteiger partial charge in [-0.05, 0) is 111 Å². The van der Waals surface area contributed by atoms with Gasteiger partial charge in [0.15, 0.2) is 5.82 Å². The number of aromatic nitrogens is 7. The SMILES string of the molecule is CCP(=O)(CC)c1c(F)cc(-n2ccn(-c3c4c(nn3-c3cc(C)c(F)c(C)c3)CCN(C(=O)c3cc5cc(C6CCOCC6)ccc5n3[C@@]3(c5noc(=O)[nH]5)C[C@@H]3C)[C@H]4C)c2=O)cc1NC. The number of aromatic amines is 1. The minimum Gasteiger partial charge on any atom is -0.387 e. The maximum absolute atomic E-state index is 16.1. The first-order valence-corrected chi connectivity index (χ1v) is 25.1. The predicted octanol–water partition coefficient (Wildman–Crippen LogP) is 7.85. The molecule has 2 aliphatic heterocycles. The molecule has 0 unspecified atom stereocenters. The molecule has 3 aromatic carbocycles. The summed E-state index contributed by atoms with van der Waals surface area (Å²) >= 11 is 0. The Morgan fingerprint density at radius 3 is 2.31 bits per heavy atom. The normalized spacial score (nSPS) is 19.9. The highest BCUT2D eigenvalue weighted by Gasteiger charge is 2.59. The lowest BCUT2D eigenvalue weighted by molar-refractivity contribution is 0.0663. The lowest BCUT2D eigenvalue weighted by atomic mass is 9.91. The van der Waals surface area contributed by atoms with E-state index in [1.54, 1.807) is 68.7 Å². The van der Waals surface area contributed by atoms with Gasteiger partial charge in [0, 0.05) is 80.1 Å². The van der Waals surface area contributed by atoms with Crippen LogP contribution in [-0.4, -0.2) is 83.6 Å². The summed E-state index contributed by atoms with van der Waals surface area (Å²) in [6, 6.07) is 13.8. The Labute approximate surface area is 385 Å². The van der Waals surface area contributed by atoms with Gasteiger partial charge in [0.1, 0.15) is 35.8 Å². The molecule has 67 heavy (non-hydrogen) atoms. The molecule has 1 aliphatic carbocycles. The number of nitrogens with one attached hydrogen (secondary N) is 2. The van der Waals surface area contributed by atoms with Crippen molar-refractivity contribution >= 4 is 34.9 Å². The van der Waals surface area contributed by atoms with Crippen LogP contribution in [0.15, 0.2) is 75.0 Å². The van der Waals surface area contributed by atoms with E-state index in [0.717, 1.165) is 23.7 Å². The van der Waals surface area contributed by atoms with Crippen LogP contribution >= 0.6 is 7.14 Å². The van der Waals surface area contributed by atoms with E-state index in [1.807, 2.05) is 17.6 Å². The summed E-state index contributed by atoms with van der Waals surface area (Å²) in [7, 11) is -1.44. The van der Waals surface area contributed by atoms with Crippen molar-refractivity contribution in [3.63, 3.8) is 0 Å². The summed E-state index contributed by atoms with van der Waals surface area (Å²) in [5.74, 6) is -0.983. The molecule has 15 nitrogen and oxygen atoms in total. The molecular formula is C49H54F2N9O6P. The molecule has 2 N–H and O–H groups in total. The average Bonchev–Trinajstić information content (AvgIpc) is 3.82. The van der Waals surface area contributed by atoms with Crippen LogP contribution in [0.25, 0.3) is 28.1 Å². The van der Waals surface area contributed by atoms with Crippen molar-refractivity contribution in [2.24, 2.45) is 5.92 Å². The first kappa shape index (κ1) is 44.5. The number of nitrogens with zero attached hydrogens (tertiary/aromatic N) is 7. The maximum Gasteiger partial charge on any atom is 0.438 e. The largest absolute Gasteiger partial charge is 0.438 e. The topological polar surface area (TPSA) is 167 Å². The summed E-state index contributed by atoms with van der Waals surface area (Å²) in [5, 5.41) is 13.3. The third-order valence-electron chi connectivity index (χ3n) is 14.7. The quantitative estimate of drug-likeness (QED) is 0.123. The van der Waals surface area contributed by atoms with E-state index in [2.05, 4.69) is 40.6 Å². The number of benzene rings is 3. The third kappa shape index (κ3) is 6.98. The Morgan fingerprint density at radius 1 is 0.970 bits per heavy atom. The second-order valence-electron chi connectivity index (χ2n) is 18.4. The van der Waals surface area contributed by atoms with Gasteiger partial charge in [-0.3, -0.25) is 23.4 Å². The smallest absolute Gasteiger partial charge is 0.387 e. The zero-order valence-electron chi connectivity index (χ0n) is 38.7. The van der Waals surface area contributed by atoms with Gasteiger partial charge in [-0.1, -0.05) is 32.0 Å². The Balaban J connectivity index is 1.12. The number of rotatable bonds is 11. The zero-order valence-corrected chi connectivity index (χ0v) is 39.5. The highest BCUT2D eigenvalue weighted by Crippen LogP contribution is 2.56. The van der Waals surface area contributed by atoms with Crippen LogP contribution in [0.5, 0.6) is 0 Å². The molecule has 1 amide bonds. The van der Waals surface area contributed by atoms with Crippen LogP contribution in [0.4, 0.5) is 14.5 Å². The first-order valence-electron chi connectivity index (χ1n) is 23.0. The van der Waals surface area contributed by atoms with Gasteiger partial charge in [-0.15, -0.1) is 0 Å². The molecule has 1 saturated carbocycles. The number of carbonyl (C=O) groups is 1. The molecule has 2 fully saturated rings. The van der Waals surface area contributed by atoms with E-state index in [4.69, 9.17) is 14.4 Å². The van der Waals surface area contributed by atoms with Gasteiger partial charge >= 0.3 is 11.4 Å². The maximum atomic E-state index is 16.1. The van der Waals surface area contributed by atoms with Gasteiger partial charge in [0.05, 0.1) is 28.4 Å². The summed E-state index contributed by atoms with van der Waals surface area (Å²) in [5.41, 5.74) is 4.10. The minimum atomic E-state index is -3.06. The standard InChI is InChI=1S/C49H54F2N9O6P/c1-8-67(64,9-2)43-36(50)24-34(25-38(43)52-7)57-16-17-58(48(57)63)44-41-30(6)56(15-12-37(41)54-60(44)35-20-27(3)42(51)28(4)21-35)45(61)40-23-33-22-32(31-13-18-65-19-14-31)10-11-39(33)59(40)49(26-29(49)5)46-53-47(62)66-55-46/h10-11,16-17,20-25,29-31,52H,8-9,12-15,18-19,26H2,1-7H3,(H,53,55,62)/t29-,30-,49-/m0/s1. The molecule has 6 heterocycles. The lowest BCUT2D eigenvalue weighted by Crippen LogP contribution is -2.41. The molecule has 7 aromatic rings. The van der Waals surface area contributed by atoms with E-state index < -0.39 is 36.0 Å². The number of halogens is 2. The Bertz CT molecular complexity index is 3270. The number of ether oxygens (including phenoxy) is 1. The molecule has 0 spiro atoms. The molecule has 350 valence electrons. The second kappa shape index (κ2) is 16.5. The van der Waals surface area contributed by atoms with Crippen LogP contribution in [0.3, 0.4) is 0 Å². The molecule has 0 bridgehead atoms. The van der Waals surface area contributed by atoms with Crippen molar-refractivity contribution in [2.75, 3.05) is 44.4 Å². The molecule has 0 radical (unpaired) electrons. The molecule has 4 aromatic heterocycles. The fourth-order valence-corrected chi connectivity index (χ4v) is 13.0. The average molecular weight is 934 g/mol. The Hall–Kier alpha value is -6.32. The molecule has 1 saturated heterocycles. The van der Waals surface area contributed by atoms with Crippen LogP contribution in [0.2, 0.25) is 0 Å². The lowest BCUT2D eigenvalue weighted by Gasteiger charge is -2.34. The number of amides is 1. The van der Waals surface area contributed by atoms with Crippen LogP contribution in [0, 0.1) is 31.4 Å². The molecule has 10 rings (SSSR count). The van der Waals surface area contributed by atoms with Crippen molar-refractivity contribution in [3.05, 3.63) is 133 Å². The number of fused-ring (bicyclic) bond motifs is 2. The molecule has 18 heteroatoms. The molecule has 3 atom stereocenters. The van der Waals surface area contributed by atoms with E-state index in [0.29, 0.717) is 83.1 Å². The van der Waals surface area contributed by atoms with Crippen LogP contribution < -0.4 is 22.1 Å². The Kier molecular flexibility index (Phi) is 10.9. The number of hydrogen-bond donors (Lipinski definition) is 2. The number of hydrogen-bond acceptors (Lipinski definition) is 9. The number of anilines is 1. The highest BCUT2D eigenvalue weighted by atomic mass is 31.2. The summed E-state index contributed by atoms with van der Waals surface area (Å²) in [4.78, 5) is 47.4. The number of carbonyl (C=O) groups excluding carboxylic acids is 1. The molecular weight excluding hydrogens is 880 g/mol. The summed E-state index contributed by atoms with van der Waals surface area (Å²) < 4.78 is 62.2. The van der Waals surface area contributed by atoms with Crippen LogP contribution in [-0.2, 0) is 21.3 Å². The van der Waals surface area contributed by atoms with E-state index in [9.17, 15) is 14.2 Å². The summed E-state index contributed by atoms with van der Waals surface area (Å²) in [6.07, 6.45) is 6.40. The van der Waals surface area contributed by atoms with Gasteiger partial charge in [-0.2, -0.15) is 5.10 Å². The fourth-order valence-electron chi connectivity index (χ4n) is 10.8. The minimum absolute atomic E-state index is 0.00372. The van der Waals surface area contributed by atoms with Crippen LogP contribution in [0.1, 0.15) is 103 Å². The summed E-state index contributed by atoms with van der Waals surface area (Å²) in [6.45, 7) is 12.5. The zero-order chi connectivity index (χ0) is 47.3. The van der Waals surface area contributed by atoms with Gasteiger partial charge in [-0.25, -0.2) is 23.1 Å². The van der Waals surface area contributed by atoms with Gasteiger partial charge < -0.3 is 24.1 Å². The number of aryl methyl sites for hydroxylation is 2. The van der Waals surface area contributed by atoms with Crippen molar-refractivity contribution in [1.82, 2.24) is 38.5 Å². The number of H-pyrrole nitrogens is 1. The highest BCUT2D eigenvalue weighted by molar-refractivity contribution is 7.71. The van der Waals surface area contributed by atoms with Crippen molar-refractivity contribution in [1.29, 1.82) is 0 Å².